The molecule has 0 radical (unpaired) electrons. The molecule has 106 valence electrons. The molecule has 2 N–H and O–H groups in total. The van der Waals surface area contributed by atoms with Crippen LogP contribution in [0.5, 0.6) is 0 Å². The minimum Gasteiger partial charge on any atom is -0.394 e. The molecule has 0 aromatic heterocycles. The quantitative estimate of drug-likeness (QED) is 0.774. The van der Waals surface area contributed by atoms with Crippen LogP contribution in [0, 0.1) is 0 Å². The average Bonchev–Trinajstić information content (AvgIpc) is 2.49. The number of hydrogen-bond donors (Lipinski definition) is 2. The second-order valence-corrected chi connectivity index (χ2v) is 5.44. The van der Waals surface area contributed by atoms with Gasteiger partial charge in [0.15, 0.2) is 0 Å². The second kappa shape index (κ2) is 7.04. The monoisotopic (exact) mass is 263 g/mol. The number of aliphatic hydroxyl groups is 1. The van der Waals surface area contributed by atoms with Gasteiger partial charge in [0.1, 0.15) is 0 Å². The molecule has 1 saturated carbocycles. The van der Waals surface area contributed by atoms with E-state index in [1.807, 2.05) is 6.07 Å². The molecule has 2 atom stereocenters. The Labute approximate surface area is 116 Å². The molecular weight excluding hydrogens is 238 g/mol. The molecule has 0 bridgehead atoms. The van der Waals surface area contributed by atoms with E-state index in [9.17, 15) is 5.11 Å². The van der Waals surface area contributed by atoms with Gasteiger partial charge in [-0.15, -0.1) is 0 Å². The number of rotatable bonds is 6. The van der Waals surface area contributed by atoms with E-state index in [0.29, 0.717) is 12.5 Å². The van der Waals surface area contributed by atoms with Crippen LogP contribution in [0.15, 0.2) is 30.3 Å². The first-order chi connectivity index (χ1) is 9.32. The Kier molecular flexibility index (Phi) is 5.37. The third-order valence-electron chi connectivity index (χ3n) is 4.30. The zero-order valence-corrected chi connectivity index (χ0v) is 11.8. The van der Waals surface area contributed by atoms with Crippen LogP contribution >= 0.6 is 0 Å². The van der Waals surface area contributed by atoms with E-state index in [1.54, 1.807) is 7.11 Å². The average molecular weight is 263 g/mol. The Morgan fingerprint density at radius 3 is 2.79 bits per heavy atom. The summed E-state index contributed by atoms with van der Waals surface area (Å²) in [5, 5.41) is 13.5. The number of methoxy groups -OCH3 is 1. The minimum atomic E-state index is -0.182. The zero-order valence-electron chi connectivity index (χ0n) is 11.8. The summed E-state index contributed by atoms with van der Waals surface area (Å²) in [4.78, 5) is 0. The zero-order chi connectivity index (χ0) is 13.6. The maximum absolute atomic E-state index is 9.97. The molecule has 3 nitrogen and oxygen atoms in total. The topological polar surface area (TPSA) is 41.5 Å². The Morgan fingerprint density at radius 2 is 2.11 bits per heavy atom. The lowest BCUT2D eigenvalue weighted by atomic mass is 9.70. The summed E-state index contributed by atoms with van der Waals surface area (Å²) in [5.41, 5.74) is 1.15. The van der Waals surface area contributed by atoms with Gasteiger partial charge in [-0.1, -0.05) is 43.2 Å². The van der Waals surface area contributed by atoms with E-state index in [0.717, 1.165) is 19.4 Å². The highest BCUT2D eigenvalue weighted by molar-refractivity contribution is 5.25. The molecule has 0 saturated heterocycles. The molecule has 0 heterocycles. The summed E-state index contributed by atoms with van der Waals surface area (Å²) < 4.78 is 5.12. The first-order valence-electron chi connectivity index (χ1n) is 7.22. The van der Waals surface area contributed by atoms with Crippen molar-refractivity contribution in [2.75, 3.05) is 26.9 Å². The van der Waals surface area contributed by atoms with Crippen molar-refractivity contribution in [2.45, 2.75) is 37.1 Å². The van der Waals surface area contributed by atoms with Crippen molar-refractivity contribution in [3.8, 4) is 0 Å². The Hall–Kier alpha value is -0.900. The van der Waals surface area contributed by atoms with E-state index in [4.69, 9.17) is 4.74 Å². The fraction of sp³-hybridized carbons (Fsp3) is 0.625. The molecular formula is C16H25NO2. The summed E-state index contributed by atoms with van der Waals surface area (Å²) in [6.07, 6.45) is 4.61. The molecule has 0 aliphatic heterocycles. The highest BCUT2D eigenvalue weighted by Gasteiger charge is 2.40. The third-order valence-corrected chi connectivity index (χ3v) is 4.30. The first kappa shape index (κ1) is 14.5. The lowest BCUT2D eigenvalue weighted by Crippen LogP contribution is -2.55. The van der Waals surface area contributed by atoms with E-state index >= 15 is 0 Å². The Morgan fingerprint density at radius 1 is 1.32 bits per heavy atom. The van der Waals surface area contributed by atoms with Crippen LogP contribution < -0.4 is 5.32 Å². The van der Waals surface area contributed by atoms with Gasteiger partial charge in [0.05, 0.1) is 13.2 Å². The molecule has 1 aliphatic rings. The van der Waals surface area contributed by atoms with Crippen LogP contribution in [0.2, 0.25) is 0 Å². The van der Waals surface area contributed by atoms with Crippen molar-refractivity contribution in [3.63, 3.8) is 0 Å². The first-order valence-corrected chi connectivity index (χ1v) is 7.22. The van der Waals surface area contributed by atoms with Gasteiger partial charge in [-0.25, -0.2) is 0 Å². The molecule has 2 rings (SSSR count). The number of ether oxygens (including phenoxy) is 1. The lowest BCUT2D eigenvalue weighted by Gasteiger charge is -2.44. The predicted octanol–water partition coefficient (Wildman–Crippen LogP) is 2.31. The Balaban J connectivity index is 2.17. The minimum absolute atomic E-state index is 0.182. The molecule has 1 fully saturated rings. The van der Waals surface area contributed by atoms with Gasteiger partial charge >= 0.3 is 0 Å². The van der Waals surface area contributed by atoms with Gasteiger partial charge in [0, 0.05) is 25.1 Å². The third kappa shape index (κ3) is 3.35. The fourth-order valence-corrected chi connectivity index (χ4v) is 3.27. The van der Waals surface area contributed by atoms with E-state index in [2.05, 4.69) is 29.6 Å². The number of nitrogens with one attached hydrogen (secondary N) is 1. The molecule has 3 heteroatoms. The predicted molar refractivity (Wildman–Crippen MR) is 77.3 cm³/mol. The summed E-state index contributed by atoms with van der Waals surface area (Å²) in [6, 6.07) is 10.6. The van der Waals surface area contributed by atoms with Crippen molar-refractivity contribution in [2.24, 2.45) is 0 Å². The number of benzene rings is 1. The van der Waals surface area contributed by atoms with Crippen molar-refractivity contribution in [1.29, 1.82) is 0 Å². The summed E-state index contributed by atoms with van der Waals surface area (Å²) in [7, 11) is 1.71. The summed E-state index contributed by atoms with van der Waals surface area (Å²) in [6.45, 7) is 1.67. The molecule has 1 aromatic rings. The van der Waals surface area contributed by atoms with Crippen molar-refractivity contribution >= 4 is 0 Å². The van der Waals surface area contributed by atoms with Gasteiger partial charge in [0.2, 0.25) is 0 Å². The molecule has 1 aliphatic carbocycles. The van der Waals surface area contributed by atoms with Gasteiger partial charge in [-0.3, -0.25) is 0 Å². The molecule has 19 heavy (non-hydrogen) atoms. The highest BCUT2D eigenvalue weighted by atomic mass is 16.5. The van der Waals surface area contributed by atoms with E-state index in [1.165, 1.54) is 18.4 Å². The largest absolute Gasteiger partial charge is 0.394 e. The smallest absolute Gasteiger partial charge is 0.0619 e. The van der Waals surface area contributed by atoms with Crippen LogP contribution in [-0.4, -0.2) is 37.5 Å². The summed E-state index contributed by atoms with van der Waals surface area (Å²) in [5.74, 6) is 0.393. The van der Waals surface area contributed by atoms with Crippen molar-refractivity contribution in [3.05, 3.63) is 35.9 Å². The van der Waals surface area contributed by atoms with Gasteiger partial charge in [-0.2, -0.15) is 0 Å². The van der Waals surface area contributed by atoms with Crippen LogP contribution in [0.3, 0.4) is 0 Å². The van der Waals surface area contributed by atoms with Crippen LogP contribution in [-0.2, 0) is 4.74 Å². The van der Waals surface area contributed by atoms with E-state index < -0.39 is 0 Å². The normalized spacial score (nSPS) is 27.4. The molecule has 0 amide bonds. The highest BCUT2D eigenvalue weighted by Crippen LogP contribution is 2.40. The van der Waals surface area contributed by atoms with E-state index in [-0.39, 0.29) is 12.1 Å². The second-order valence-electron chi connectivity index (χ2n) is 5.44. The van der Waals surface area contributed by atoms with Gasteiger partial charge in [0.25, 0.3) is 0 Å². The molecule has 0 spiro atoms. The fourth-order valence-electron chi connectivity index (χ4n) is 3.27. The molecule has 1 aromatic carbocycles. The van der Waals surface area contributed by atoms with Gasteiger partial charge in [-0.05, 0) is 18.4 Å². The van der Waals surface area contributed by atoms with Crippen LogP contribution in [0.1, 0.15) is 37.2 Å². The van der Waals surface area contributed by atoms with Crippen molar-refractivity contribution < 1.29 is 9.84 Å². The van der Waals surface area contributed by atoms with Crippen molar-refractivity contribution in [1.82, 2.24) is 5.32 Å². The Bertz CT molecular complexity index is 368. The lowest BCUT2D eigenvalue weighted by molar-refractivity contribution is 0.0887. The van der Waals surface area contributed by atoms with Crippen LogP contribution in [0.25, 0.3) is 0 Å². The molecule has 2 unspecified atom stereocenters. The number of hydrogen-bond acceptors (Lipinski definition) is 3. The number of aliphatic hydroxyl groups excluding tert-OH is 1. The van der Waals surface area contributed by atoms with Crippen LogP contribution in [0.4, 0.5) is 0 Å². The SMILES string of the molecule is COCCNC1(CO)CCCCC1c1ccccc1. The maximum Gasteiger partial charge on any atom is 0.0619 e. The standard InChI is InChI=1S/C16H25NO2/c1-19-12-11-17-16(13-18)10-6-5-9-15(16)14-7-3-2-4-8-14/h2-4,7-8,15,17-18H,5-6,9-13H2,1H3. The maximum atomic E-state index is 9.97. The van der Waals surface area contributed by atoms with Gasteiger partial charge < -0.3 is 15.2 Å². The summed E-state index contributed by atoms with van der Waals surface area (Å²) >= 11 is 0.